The monoisotopic (exact) mass is 306 g/mol. The lowest BCUT2D eigenvalue weighted by Crippen LogP contribution is -2.44. The molecule has 0 spiro atoms. The molecule has 4 heteroatoms. The van der Waals surface area contributed by atoms with Crippen LogP contribution >= 0.6 is 0 Å². The van der Waals surface area contributed by atoms with Gasteiger partial charge in [-0.25, -0.2) is 13.2 Å². The van der Waals surface area contributed by atoms with Gasteiger partial charge in [-0.2, -0.15) is 0 Å². The molecule has 0 aromatic carbocycles. The molecule has 0 amide bonds. The average molecular weight is 306 g/mol. The summed E-state index contributed by atoms with van der Waals surface area (Å²) in [6.07, 6.45) is 1.81. The van der Waals surface area contributed by atoms with Crippen LogP contribution in [0.3, 0.4) is 0 Å². The van der Waals surface area contributed by atoms with Crippen molar-refractivity contribution >= 4 is 0 Å². The lowest BCUT2D eigenvalue weighted by atomic mass is 9.68. The van der Waals surface area contributed by atoms with E-state index in [0.29, 0.717) is 19.3 Å². The largest absolute Gasteiger partial charge is 0.378 e. The van der Waals surface area contributed by atoms with Crippen molar-refractivity contribution in [3.05, 3.63) is 0 Å². The van der Waals surface area contributed by atoms with Crippen molar-refractivity contribution in [3.8, 4) is 0 Å². The minimum Gasteiger partial charge on any atom is -0.378 e. The third kappa shape index (κ3) is 3.94. The van der Waals surface area contributed by atoms with Gasteiger partial charge in [-0.3, -0.25) is 0 Å². The van der Waals surface area contributed by atoms with Crippen molar-refractivity contribution in [2.75, 3.05) is 7.11 Å². The molecule has 124 valence electrons. The van der Waals surface area contributed by atoms with E-state index in [1.807, 2.05) is 0 Å². The number of unbranched alkanes of at least 4 members (excludes halogenated alkanes) is 1. The third-order valence-corrected chi connectivity index (χ3v) is 5.62. The van der Waals surface area contributed by atoms with Crippen LogP contribution in [0.25, 0.3) is 0 Å². The molecular formula is C17H29F3O. The molecule has 0 aromatic rings. The molecular weight excluding hydrogens is 277 g/mol. The highest BCUT2D eigenvalue weighted by molar-refractivity contribution is 4.94. The lowest BCUT2D eigenvalue weighted by Gasteiger charge is -2.42. The molecule has 1 nitrogen and oxygen atoms in total. The first-order valence-corrected chi connectivity index (χ1v) is 8.53. The first kappa shape index (κ1) is 17.1. The summed E-state index contributed by atoms with van der Waals surface area (Å²) in [5.41, 5.74) is 0. The molecule has 2 aliphatic rings. The fourth-order valence-electron chi connectivity index (χ4n) is 4.26. The number of alkyl halides is 3. The summed E-state index contributed by atoms with van der Waals surface area (Å²) in [4.78, 5) is 0. The number of hydrogen-bond acceptors (Lipinski definition) is 1. The maximum absolute atomic E-state index is 14.5. The maximum Gasteiger partial charge on any atom is 0.134 e. The van der Waals surface area contributed by atoms with Crippen LogP contribution in [0.1, 0.15) is 58.3 Å². The molecule has 0 heterocycles. The lowest BCUT2D eigenvalue weighted by molar-refractivity contribution is -0.0529. The number of halogens is 3. The van der Waals surface area contributed by atoms with Gasteiger partial charge in [0.1, 0.15) is 18.5 Å². The highest BCUT2D eigenvalue weighted by Crippen LogP contribution is 2.44. The van der Waals surface area contributed by atoms with Crippen molar-refractivity contribution in [1.29, 1.82) is 0 Å². The zero-order chi connectivity index (χ0) is 15.4. The van der Waals surface area contributed by atoms with E-state index in [1.165, 1.54) is 7.11 Å². The Balaban J connectivity index is 1.90. The molecule has 21 heavy (non-hydrogen) atoms. The van der Waals surface area contributed by atoms with Crippen LogP contribution in [0.2, 0.25) is 0 Å². The van der Waals surface area contributed by atoms with Crippen molar-refractivity contribution in [1.82, 2.24) is 0 Å². The Bertz CT molecular complexity index is 312. The van der Waals surface area contributed by atoms with Gasteiger partial charge in [0, 0.05) is 7.11 Å². The molecule has 7 unspecified atom stereocenters. The summed E-state index contributed by atoms with van der Waals surface area (Å²) in [6.45, 7) is 2.07. The Hall–Kier alpha value is -0.250. The second kappa shape index (κ2) is 7.85. The second-order valence-electron chi connectivity index (χ2n) is 6.90. The van der Waals surface area contributed by atoms with Crippen molar-refractivity contribution in [3.63, 3.8) is 0 Å². The number of hydrogen-bond donors (Lipinski definition) is 0. The molecule has 0 aromatic heterocycles. The summed E-state index contributed by atoms with van der Waals surface area (Å²) >= 11 is 0. The summed E-state index contributed by atoms with van der Waals surface area (Å²) < 4.78 is 47.9. The van der Waals surface area contributed by atoms with Gasteiger partial charge in [0.2, 0.25) is 0 Å². The van der Waals surface area contributed by atoms with Crippen molar-refractivity contribution < 1.29 is 17.9 Å². The number of methoxy groups -OCH3 is 1. The van der Waals surface area contributed by atoms with E-state index in [2.05, 4.69) is 6.92 Å². The zero-order valence-corrected chi connectivity index (χ0v) is 13.2. The van der Waals surface area contributed by atoms with Gasteiger partial charge in [-0.1, -0.05) is 19.8 Å². The highest BCUT2D eigenvalue weighted by atomic mass is 19.2. The molecule has 2 fully saturated rings. The molecule has 2 rings (SSSR count). The molecule has 0 saturated heterocycles. The van der Waals surface area contributed by atoms with E-state index in [4.69, 9.17) is 4.74 Å². The van der Waals surface area contributed by atoms with Crippen LogP contribution in [0.15, 0.2) is 0 Å². The Morgan fingerprint density at radius 1 is 1.00 bits per heavy atom. The second-order valence-corrected chi connectivity index (χ2v) is 6.90. The van der Waals surface area contributed by atoms with Gasteiger partial charge in [0.05, 0.1) is 6.10 Å². The van der Waals surface area contributed by atoms with Crippen LogP contribution in [-0.4, -0.2) is 31.7 Å². The van der Waals surface area contributed by atoms with Gasteiger partial charge in [-0.05, 0) is 56.3 Å². The number of rotatable bonds is 5. The Kier molecular flexibility index (Phi) is 6.39. The Labute approximate surface area is 126 Å². The fraction of sp³-hybridized carbons (Fsp3) is 1.00. The smallest absolute Gasteiger partial charge is 0.134 e. The van der Waals surface area contributed by atoms with E-state index in [9.17, 15) is 13.2 Å². The first-order valence-electron chi connectivity index (χ1n) is 8.53. The summed E-state index contributed by atoms with van der Waals surface area (Å²) in [5, 5.41) is 0. The highest BCUT2D eigenvalue weighted by Gasteiger charge is 2.45. The van der Waals surface area contributed by atoms with Crippen molar-refractivity contribution in [2.24, 2.45) is 17.8 Å². The summed E-state index contributed by atoms with van der Waals surface area (Å²) in [5.74, 6) is -0.451. The average Bonchev–Trinajstić information content (AvgIpc) is 2.49. The van der Waals surface area contributed by atoms with Crippen molar-refractivity contribution in [2.45, 2.75) is 82.9 Å². The van der Waals surface area contributed by atoms with E-state index < -0.39 is 18.5 Å². The number of ether oxygens (including phenoxy) is 1. The van der Waals surface area contributed by atoms with Crippen LogP contribution < -0.4 is 0 Å². The first-order chi connectivity index (χ1) is 10.1. The predicted molar refractivity (Wildman–Crippen MR) is 78.6 cm³/mol. The molecule has 0 aliphatic heterocycles. The van der Waals surface area contributed by atoms with Gasteiger partial charge in [0.25, 0.3) is 0 Å². The van der Waals surface area contributed by atoms with Gasteiger partial charge in [-0.15, -0.1) is 0 Å². The van der Waals surface area contributed by atoms with Crippen LogP contribution in [0, 0.1) is 17.8 Å². The van der Waals surface area contributed by atoms with E-state index in [1.54, 1.807) is 0 Å². The normalized spacial score (nSPS) is 44.7. The van der Waals surface area contributed by atoms with E-state index >= 15 is 0 Å². The molecule has 0 N–H and O–H groups in total. The topological polar surface area (TPSA) is 9.23 Å². The standard InChI is InChI=1S/C17H29F3O/c1-3-4-5-11-6-8-13(17(20)16(11)19)12-7-9-15(21-2)14(18)10-12/h11-17H,3-10H2,1-2H3. The quantitative estimate of drug-likeness (QED) is 0.692. The molecule has 0 bridgehead atoms. The third-order valence-electron chi connectivity index (χ3n) is 5.62. The minimum atomic E-state index is -1.41. The van der Waals surface area contributed by atoms with Crippen LogP contribution in [-0.2, 0) is 4.74 Å². The van der Waals surface area contributed by atoms with Crippen LogP contribution in [0.4, 0.5) is 13.2 Å². The van der Waals surface area contributed by atoms with Gasteiger partial charge in [0.15, 0.2) is 0 Å². The molecule has 0 radical (unpaired) electrons. The Morgan fingerprint density at radius 2 is 1.76 bits per heavy atom. The van der Waals surface area contributed by atoms with Gasteiger partial charge < -0.3 is 4.74 Å². The maximum atomic E-state index is 14.5. The molecule has 7 atom stereocenters. The zero-order valence-electron chi connectivity index (χ0n) is 13.2. The van der Waals surface area contributed by atoms with E-state index in [0.717, 1.165) is 32.1 Å². The minimum absolute atomic E-state index is 0.0215. The SMILES string of the molecule is CCCCC1CCC(C2CCC(OC)C(F)C2)C(F)C1F. The van der Waals surface area contributed by atoms with E-state index in [-0.39, 0.29) is 23.9 Å². The fourth-order valence-corrected chi connectivity index (χ4v) is 4.26. The summed E-state index contributed by atoms with van der Waals surface area (Å²) in [6, 6.07) is 0. The molecule has 2 saturated carbocycles. The predicted octanol–water partition coefficient (Wildman–Crippen LogP) is 5.03. The van der Waals surface area contributed by atoms with Crippen LogP contribution in [0.5, 0.6) is 0 Å². The summed E-state index contributed by atoms with van der Waals surface area (Å²) in [7, 11) is 1.52. The molecule has 2 aliphatic carbocycles. The van der Waals surface area contributed by atoms with Gasteiger partial charge >= 0.3 is 0 Å². The Morgan fingerprint density at radius 3 is 2.38 bits per heavy atom.